The molecule has 1 aromatic carbocycles. The van der Waals surface area contributed by atoms with Crippen LogP contribution in [0.3, 0.4) is 0 Å². The van der Waals surface area contributed by atoms with Crippen LogP contribution in [0, 0.1) is 12.8 Å². The Morgan fingerprint density at radius 1 is 1.29 bits per heavy atom. The summed E-state index contributed by atoms with van der Waals surface area (Å²) in [7, 11) is 0. The lowest BCUT2D eigenvalue weighted by molar-refractivity contribution is -0.139. The first-order chi connectivity index (χ1) is 13.3. The highest BCUT2D eigenvalue weighted by molar-refractivity contribution is 5.89. The van der Waals surface area contributed by atoms with Gasteiger partial charge in [-0.1, -0.05) is 0 Å². The molecule has 0 aliphatic heterocycles. The molecule has 28 heavy (non-hydrogen) atoms. The Morgan fingerprint density at radius 3 is 2.57 bits per heavy atom. The minimum absolute atomic E-state index is 0.0875. The summed E-state index contributed by atoms with van der Waals surface area (Å²) in [5.74, 6) is 0.688. The second kappa shape index (κ2) is 8.82. The zero-order valence-corrected chi connectivity index (χ0v) is 16.9. The Hall–Kier alpha value is -2.28. The molecule has 0 spiro atoms. The number of carboxylic acid groups (broad SMARTS) is 1. The number of amides is 2. The van der Waals surface area contributed by atoms with Gasteiger partial charge in [-0.3, -0.25) is 9.69 Å². The Balaban J connectivity index is 1.44. The summed E-state index contributed by atoms with van der Waals surface area (Å²) in [6.45, 7) is 6.86. The van der Waals surface area contributed by atoms with Crippen LogP contribution in [-0.4, -0.2) is 53.3 Å². The third-order valence-corrected chi connectivity index (χ3v) is 5.29. The summed E-state index contributed by atoms with van der Waals surface area (Å²) in [6, 6.07) is 5.70. The molecule has 0 heterocycles. The van der Waals surface area contributed by atoms with Crippen molar-refractivity contribution in [1.29, 1.82) is 0 Å². The number of benzene rings is 1. The molecular weight excluding hydrogens is 358 g/mol. The Morgan fingerprint density at radius 2 is 2.00 bits per heavy atom. The molecule has 2 amide bonds. The maximum atomic E-state index is 12.3. The Labute approximate surface area is 166 Å². The highest BCUT2D eigenvalue weighted by atomic mass is 16.5. The molecule has 2 saturated carbocycles. The van der Waals surface area contributed by atoms with Gasteiger partial charge < -0.3 is 20.5 Å². The van der Waals surface area contributed by atoms with Crippen molar-refractivity contribution in [3.05, 3.63) is 23.8 Å². The van der Waals surface area contributed by atoms with E-state index in [1.807, 2.05) is 39.0 Å². The van der Waals surface area contributed by atoms with E-state index in [-0.39, 0.29) is 30.8 Å². The van der Waals surface area contributed by atoms with Crippen LogP contribution in [0.1, 0.15) is 45.1 Å². The number of urea groups is 1. The number of rotatable bonds is 9. The molecule has 2 fully saturated rings. The third-order valence-electron chi connectivity index (χ3n) is 5.29. The van der Waals surface area contributed by atoms with Gasteiger partial charge in [-0.2, -0.15) is 0 Å². The van der Waals surface area contributed by atoms with Gasteiger partial charge >= 0.3 is 12.0 Å². The second-order valence-corrected chi connectivity index (χ2v) is 8.33. The second-order valence-electron chi connectivity index (χ2n) is 8.33. The van der Waals surface area contributed by atoms with Gasteiger partial charge in [-0.15, -0.1) is 0 Å². The van der Waals surface area contributed by atoms with Crippen molar-refractivity contribution in [2.75, 3.05) is 18.4 Å². The van der Waals surface area contributed by atoms with Gasteiger partial charge in [-0.05, 0) is 76.1 Å². The van der Waals surface area contributed by atoms with Crippen LogP contribution < -0.4 is 15.4 Å². The van der Waals surface area contributed by atoms with E-state index in [1.54, 1.807) is 0 Å². The van der Waals surface area contributed by atoms with Crippen LogP contribution in [-0.2, 0) is 4.79 Å². The summed E-state index contributed by atoms with van der Waals surface area (Å²) in [4.78, 5) is 25.4. The zero-order valence-electron chi connectivity index (χ0n) is 16.9. The maximum absolute atomic E-state index is 12.3. The monoisotopic (exact) mass is 389 g/mol. The van der Waals surface area contributed by atoms with Crippen LogP contribution in [0.2, 0.25) is 0 Å². The molecule has 3 N–H and O–H groups in total. The van der Waals surface area contributed by atoms with Gasteiger partial charge in [0.05, 0.1) is 12.6 Å². The van der Waals surface area contributed by atoms with Gasteiger partial charge in [0.1, 0.15) is 5.75 Å². The molecule has 154 valence electrons. The van der Waals surface area contributed by atoms with Crippen molar-refractivity contribution in [1.82, 2.24) is 10.2 Å². The highest BCUT2D eigenvalue weighted by Crippen LogP contribution is 2.33. The first-order valence-electron chi connectivity index (χ1n) is 10.1. The quantitative estimate of drug-likeness (QED) is 0.603. The lowest BCUT2D eigenvalue weighted by Crippen LogP contribution is -2.55. The van der Waals surface area contributed by atoms with Crippen molar-refractivity contribution in [2.24, 2.45) is 5.92 Å². The van der Waals surface area contributed by atoms with E-state index >= 15 is 0 Å². The van der Waals surface area contributed by atoms with Crippen LogP contribution in [0.15, 0.2) is 18.2 Å². The van der Waals surface area contributed by atoms with Gasteiger partial charge in [0.15, 0.2) is 0 Å². The predicted molar refractivity (Wildman–Crippen MR) is 108 cm³/mol. The minimum atomic E-state index is -0.782. The summed E-state index contributed by atoms with van der Waals surface area (Å²) in [6.07, 6.45) is 4.11. The van der Waals surface area contributed by atoms with E-state index in [4.69, 9.17) is 9.84 Å². The molecule has 0 bridgehead atoms. The number of hydrogen-bond donors (Lipinski definition) is 3. The van der Waals surface area contributed by atoms with E-state index in [2.05, 4.69) is 15.5 Å². The fourth-order valence-corrected chi connectivity index (χ4v) is 3.62. The number of carbonyl (C=O) groups excluding carboxylic acids is 1. The van der Waals surface area contributed by atoms with Crippen LogP contribution in [0.4, 0.5) is 10.5 Å². The Bertz CT molecular complexity index is 712. The molecule has 2 aliphatic carbocycles. The summed E-state index contributed by atoms with van der Waals surface area (Å²) < 4.78 is 5.71. The standard InChI is InChI=1S/C21H31N3O4/c1-13(2)28-19-7-6-16(8-14(19)3)22-21(27)23-17-9-18(10-17)24(12-20(25)26)11-15-4-5-15/h6-8,13,15,17-18H,4-5,9-12H2,1-3H3,(H,25,26)(H2,22,23,27). The summed E-state index contributed by atoms with van der Waals surface area (Å²) in [5, 5.41) is 15.0. The number of anilines is 1. The topological polar surface area (TPSA) is 90.9 Å². The third kappa shape index (κ3) is 5.86. The van der Waals surface area contributed by atoms with E-state index < -0.39 is 5.97 Å². The van der Waals surface area contributed by atoms with E-state index in [1.165, 1.54) is 12.8 Å². The number of nitrogens with one attached hydrogen (secondary N) is 2. The molecule has 3 rings (SSSR count). The molecule has 7 heteroatoms. The fourth-order valence-electron chi connectivity index (χ4n) is 3.62. The van der Waals surface area contributed by atoms with Gasteiger partial charge in [0.25, 0.3) is 0 Å². The van der Waals surface area contributed by atoms with Crippen LogP contribution in [0.25, 0.3) is 0 Å². The van der Waals surface area contributed by atoms with E-state index in [9.17, 15) is 9.59 Å². The molecule has 0 aromatic heterocycles. The average molecular weight is 389 g/mol. The molecule has 1 aromatic rings. The minimum Gasteiger partial charge on any atom is -0.491 e. The van der Waals surface area contributed by atoms with Crippen molar-refractivity contribution in [3.8, 4) is 5.75 Å². The molecule has 2 aliphatic rings. The highest BCUT2D eigenvalue weighted by Gasteiger charge is 2.37. The first kappa shape index (κ1) is 20.5. The number of nitrogens with zero attached hydrogens (tertiary/aromatic N) is 1. The smallest absolute Gasteiger partial charge is 0.319 e. The number of aryl methyl sites for hydroxylation is 1. The van der Waals surface area contributed by atoms with Gasteiger partial charge in [-0.25, -0.2) is 4.79 Å². The van der Waals surface area contributed by atoms with Crippen LogP contribution in [0.5, 0.6) is 5.75 Å². The molecule has 0 saturated heterocycles. The van der Waals surface area contributed by atoms with Crippen molar-refractivity contribution < 1.29 is 19.4 Å². The maximum Gasteiger partial charge on any atom is 0.319 e. The van der Waals surface area contributed by atoms with Crippen molar-refractivity contribution >= 4 is 17.7 Å². The molecule has 7 nitrogen and oxygen atoms in total. The van der Waals surface area contributed by atoms with Gasteiger partial charge in [0, 0.05) is 24.3 Å². The van der Waals surface area contributed by atoms with Crippen LogP contribution >= 0.6 is 0 Å². The fraction of sp³-hybridized carbons (Fsp3) is 0.619. The Kier molecular flexibility index (Phi) is 6.44. The molecule has 0 atom stereocenters. The van der Waals surface area contributed by atoms with E-state index in [0.717, 1.165) is 36.4 Å². The first-order valence-corrected chi connectivity index (χ1v) is 10.1. The number of aliphatic carboxylic acids is 1. The summed E-state index contributed by atoms with van der Waals surface area (Å²) >= 11 is 0. The molecule has 0 radical (unpaired) electrons. The number of hydrogen-bond acceptors (Lipinski definition) is 4. The predicted octanol–water partition coefficient (Wildman–Crippen LogP) is 3.23. The zero-order chi connectivity index (χ0) is 20.3. The number of carboxylic acids is 1. The van der Waals surface area contributed by atoms with Gasteiger partial charge in [0.2, 0.25) is 0 Å². The lowest BCUT2D eigenvalue weighted by atomic mass is 9.85. The average Bonchev–Trinajstić information content (AvgIpc) is 3.36. The lowest BCUT2D eigenvalue weighted by Gasteiger charge is -2.42. The van der Waals surface area contributed by atoms with E-state index in [0.29, 0.717) is 5.92 Å². The number of ether oxygens (including phenoxy) is 1. The SMILES string of the molecule is Cc1cc(NC(=O)NC2CC(N(CC(=O)O)CC3CC3)C2)ccc1OC(C)C. The number of carbonyl (C=O) groups is 2. The summed E-state index contributed by atoms with van der Waals surface area (Å²) in [5.41, 5.74) is 1.70. The normalized spacial score (nSPS) is 21.3. The van der Waals surface area contributed by atoms with Crippen molar-refractivity contribution in [2.45, 2.75) is 64.6 Å². The molecular formula is C21H31N3O4. The molecule has 0 unspecified atom stereocenters. The van der Waals surface area contributed by atoms with Crippen molar-refractivity contribution in [3.63, 3.8) is 0 Å². The largest absolute Gasteiger partial charge is 0.491 e.